The third-order valence-electron chi connectivity index (χ3n) is 22.8. The average molecular weight is 1540 g/mol. The summed E-state index contributed by atoms with van der Waals surface area (Å²) in [7, 11) is 0. The molecule has 1 unspecified atom stereocenters. The Kier molecular flexibility index (Phi) is 11.3. The number of hydrogen-bond donors (Lipinski definition) is 0. The molecule has 18 aromatic rings. The average Bonchev–Trinajstić information content (AvgIpc) is 1.61. The topological polar surface area (TPSA) is 16.3 Å². The van der Waals surface area contributed by atoms with Crippen molar-refractivity contribution in [1.82, 2.24) is 9.13 Å². The van der Waals surface area contributed by atoms with Gasteiger partial charge in [-0.1, -0.05) is 178 Å². The van der Waals surface area contributed by atoms with Gasteiger partial charge in [0.05, 0.1) is 16.5 Å². The molecule has 0 saturated heterocycles. The van der Waals surface area contributed by atoms with Gasteiger partial charge in [0.25, 0.3) is 0 Å². The van der Waals surface area contributed by atoms with Gasteiger partial charge in [0.1, 0.15) is 0 Å². The van der Waals surface area contributed by atoms with Crippen molar-refractivity contribution < 1.29 is 30.2 Å². The maximum absolute atomic E-state index is 12.1. The zero-order valence-electron chi connectivity index (χ0n) is 85.6. The molecule has 3 aliphatic rings. The molecule has 0 radical (unpaired) electrons. The molecule has 0 amide bonds. The summed E-state index contributed by atoms with van der Waals surface area (Å²) in [4.78, 5) is 3.97. The molecule has 544 valence electrons. The van der Waals surface area contributed by atoms with Gasteiger partial charge in [0, 0.05) is 23.1 Å². The number of hydrogen-bond acceptors (Lipinski definition) is 2. The van der Waals surface area contributed by atoms with Crippen LogP contribution in [-0.4, -0.2) is 23.6 Å². The van der Waals surface area contributed by atoms with Crippen molar-refractivity contribution in [3.05, 3.63) is 384 Å². The van der Waals surface area contributed by atoms with E-state index in [2.05, 4.69) is 147 Å². The molecule has 2 aliphatic heterocycles. The molecule has 1 aliphatic carbocycles. The third kappa shape index (κ3) is 11.1. The Hall–Kier alpha value is -12.5. The summed E-state index contributed by atoms with van der Waals surface area (Å²) in [6, 6.07) is 56.1. The fraction of sp³-hybridized carbons (Fsp3) is 0.130. The van der Waals surface area contributed by atoms with Crippen LogP contribution in [0.1, 0.15) is 143 Å². The van der Waals surface area contributed by atoms with Crippen molar-refractivity contribution in [3.63, 3.8) is 0 Å². The molecule has 3 aromatic heterocycles. The number of nitrogens with zero attached hydrogens (tertiary/aromatic N) is 4. The van der Waals surface area contributed by atoms with Gasteiger partial charge in [-0.3, -0.25) is 0 Å². The third-order valence-corrected chi connectivity index (χ3v) is 25.0. The summed E-state index contributed by atoms with van der Waals surface area (Å²) >= 11 is -1.23. The molecule has 5 heteroatoms. The Bertz CT molecular complexity index is 8260. The molecule has 0 spiro atoms. The van der Waals surface area contributed by atoms with Crippen LogP contribution in [0.5, 0.6) is 0 Å². The van der Waals surface area contributed by atoms with Crippen molar-refractivity contribution in [2.45, 2.75) is 90.9 Å². The first-order valence-corrected chi connectivity index (χ1v) is 39.9. The predicted octanol–water partition coefficient (Wildman–Crippen LogP) is 29.2. The van der Waals surface area contributed by atoms with Gasteiger partial charge < -0.3 is 0 Å². The van der Waals surface area contributed by atoms with E-state index in [0.717, 1.165) is 33.4 Å². The molecule has 21 rings (SSSR count). The van der Waals surface area contributed by atoms with Crippen molar-refractivity contribution >= 4 is 89.9 Å². The molecule has 5 heterocycles. The molecular weight excluding hydrogens is 1430 g/mol. The van der Waals surface area contributed by atoms with Gasteiger partial charge in [0.15, 0.2) is 0 Å². The normalized spacial score (nSPS) is 16.5. The van der Waals surface area contributed by atoms with E-state index in [1.807, 2.05) is 131 Å². The monoisotopic (exact) mass is 1540 g/mol. The second-order valence-electron chi connectivity index (χ2n) is 32.7. The van der Waals surface area contributed by atoms with Crippen LogP contribution in [0.15, 0.2) is 339 Å². The van der Waals surface area contributed by atoms with Gasteiger partial charge in [-0.25, -0.2) is 0 Å². The number of anilines is 6. The summed E-state index contributed by atoms with van der Waals surface area (Å²) in [5.41, 5.74) is 10.0. The van der Waals surface area contributed by atoms with E-state index in [-0.39, 0.29) is 110 Å². The van der Waals surface area contributed by atoms with Crippen molar-refractivity contribution in [3.8, 4) is 89.3 Å². The van der Waals surface area contributed by atoms with E-state index in [9.17, 15) is 24.7 Å². The van der Waals surface area contributed by atoms with Crippen molar-refractivity contribution in [2.24, 2.45) is 0 Å². The Labute approximate surface area is 699 Å². The van der Waals surface area contributed by atoms with E-state index >= 15 is 0 Å². The summed E-state index contributed by atoms with van der Waals surface area (Å²) in [5, 5.41) is -0.250. The van der Waals surface area contributed by atoms with Crippen LogP contribution in [0.4, 0.5) is 34.1 Å². The number of benzene rings is 15. The minimum atomic E-state index is -1.60. The van der Waals surface area contributed by atoms with E-state index in [0.29, 0.717) is 78.4 Å². The quantitative estimate of drug-likeness (QED) is 0.127. The molecule has 0 N–H and O–H groups in total. The van der Waals surface area contributed by atoms with E-state index < -0.39 is 164 Å². The molecular formula is C108H86N4Se. The molecule has 0 bridgehead atoms. The van der Waals surface area contributed by atoms with Crippen LogP contribution in [-0.2, 0) is 22.7 Å². The van der Waals surface area contributed by atoms with Gasteiger partial charge in [-0.05, 0) is 68.1 Å². The van der Waals surface area contributed by atoms with Crippen LogP contribution >= 0.6 is 0 Å². The van der Waals surface area contributed by atoms with Gasteiger partial charge in [-0.15, -0.1) is 0 Å². The van der Waals surface area contributed by atoms with Crippen LogP contribution < -0.4 is 9.80 Å². The van der Waals surface area contributed by atoms with Crippen LogP contribution in [0.2, 0.25) is 0 Å². The summed E-state index contributed by atoms with van der Waals surface area (Å²) in [6.45, 7) is 19.0. The van der Waals surface area contributed by atoms with E-state index in [1.165, 1.54) is 9.13 Å². The standard InChI is InChI=1S/C108H86N4Se/c1-106(2,3)76-59-87(71-34-18-12-19-35-71)103(89(61-76)73-50-46-69(47-51-73)67-30-14-10-15-31-67)111-93-65-79(109-91-43-27-24-40-82(91)99-81-39-23-22-38-75(81)58-95(99)109)54-56-84(93)100-85-57-55-80(110-92-44-28-25-41-83(92)101-86-42-26-29-45-98(86)113-105(101)110)66-94(85)112(97-64-78(108(7,8)9)63-96(111)102(97)100)104-88(72-36-20-13-21-37-72)60-77(107(4,5)6)62-90(104)74-52-48-70(49-53-74)68-32-16-11-17-33-68/h10-57,59-66,100H,58H2,1-9H3/i22D,23D,24D,25D,26D,27D,28D,29D,38D,39D,40D,41D,42D,43D,44D,45D,54D,55D,56D,57D,65D,66D. The Morgan fingerprint density at radius 1 is 0.345 bits per heavy atom. The summed E-state index contributed by atoms with van der Waals surface area (Å²) in [6.07, 6.45) is -0.342. The SMILES string of the molecule is [2H]c1c([2H])c([2H])c2c(c1[2H])Cc1c-2c2c([2H])c([2H])c([2H])c([2H])c2n1-c1c([2H])c([2H])c2c(c1[2H])N(c1c(-c3ccccc3)cc(C(C)(C)C)cc1-c1ccc(-c3ccccc3)cc1)c1cc(C(C)(C)C)cc3c1C2c1c([2H])c([2H])c(-n2c4[se]c5c([2H])c([2H])c([2H])c([2H])c5c4c4c([2H])c([2H])c([2H])c([2H])c42)c([2H])c1N3c1c(-c2ccccc2)cc(C(C)(C)C)cc1-c1ccc(-c2ccccc2)cc1. The first kappa shape index (κ1) is 49.0. The minimum absolute atomic E-state index is 0.00739. The van der Waals surface area contributed by atoms with Crippen molar-refractivity contribution in [1.29, 1.82) is 0 Å². The predicted molar refractivity (Wildman–Crippen MR) is 479 cm³/mol. The molecule has 1 atom stereocenters. The fourth-order valence-corrected chi connectivity index (χ4v) is 19.4. The van der Waals surface area contributed by atoms with Crippen LogP contribution in [0, 0.1) is 0 Å². The second kappa shape index (κ2) is 26.1. The van der Waals surface area contributed by atoms with E-state index in [1.54, 1.807) is 0 Å². The molecule has 113 heavy (non-hydrogen) atoms. The molecule has 15 aromatic carbocycles. The molecule has 0 fully saturated rings. The zero-order valence-corrected chi connectivity index (χ0v) is 65.3. The Balaban J connectivity index is 1.01. The summed E-state index contributed by atoms with van der Waals surface area (Å²) < 4.78 is 226. The van der Waals surface area contributed by atoms with Crippen LogP contribution in [0.3, 0.4) is 0 Å². The number of fused-ring (bicyclic) bond motifs is 14. The zero-order chi connectivity index (χ0) is 95.5. The second-order valence-corrected chi connectivity index (χ2v) is 34.8. The maximum atomic E-state index is 12.1. The molecule has 4 nitrogen and oxygen atoms in total. The van der Waals surface area contributed by atoms with Crippen LogP contribution in [0.25, 0.3) is 130 Å². The Morgan fingerprint density at radius 3 is 1.21 bits per heavy atom. The van der Waals surface area contributed by atoms with E-state index in [4.69, 9.17) is 5.48 Å². The fourth-order valence-electron chi connectivity index (χ4n) is 17.1. The number of aromatic nitrogens is 2. The van der Waals surface area contributed by atoms with Gasteiger partial charge in [0.2, 0.25) is 0 Å². The van der Waals surface area contributed by atoms with Crippen molar-refractivity contribution in [2.75, 3.05) is 9.80 Å². The van der Waals surface area contributed by atoms with Gasteiger partial charge in [-0.2, -0.15) is 0 Å². The molecule has 0 saturated carbocycles. The Morgan fingerprint density at radius 2 is 0.726 bits per heavy atom. The first-order chi connectivity index (χ1) is 64.1. The summed E-state index contributed by atoms with van der Waals surface area (Å²) in [5.74, 6) is -1.60. The number of rotatable bonds is 10. The number of para-hydroxylation sites is 2. The van der Waals surface area contributed by atoms with Gasteiger partial charge >= 0.3 is 417 Å². The first-order valence-electron chi connectivity index (χ1n) is 49.2.